The average Bonchev–Trinajstić information content (AvgIpc) is 3.03. The van der Waals surface area contributed by atoms with E-state index >= 15 is 0 Å². The maximum absolute atomic E-state index is 12.5. The Hall–Kier alpha value is -1.71. The monoisotopic (exact) mass is 453 g/mol. The molecule has 0 spiro atoms. The number of guanidine groups is 1. The van der Waals surface area contributed by atoms with Gasteiger partial charge in [0.15, 0.2) is 5.96 Å². The second-order valence-corrected chi connectivity index (χ2v) is 4.88. The number of furan rings is 1. The van der Waals surface area contributed by atoms with E-state index in [0.29, 0.717) is 25.5 Å². The molecule has 2 rings (SSSR count). The van der Waals surface area contributed by atoms with Crippen molar-refractivity contribution in [3.8, 4) is 0 Å². The number of rotatable bonds is 5. The SMILES string of the molecule is CN=C(NCCc1ccc(C(F)(F)F)cc1)NCc1ccco1.I. The number of aliphatic imine (C=N–C) groups is 1. The van der Waals surface area contributed by atoms with Crippen molar-refractivity contribution in [1.29, 1.82) is 0 Å². The highest BCUT2D eigenvalue weighted by molar-refractivity contribution is 14.0. The molecule has 0 atom stereocenters. The van der Waals surface area contributed by atoms with Crippen LogP contribution in [0.4, 0.5) is 13.2 Å². The van der Waals surface area contributed by atoms with Crippen molar-refractivity contribution in [3.05, 3.63) is 59.5 Å². The number of halogens is 4. The summed E-state index contributed by atoms with van der Waals surface area (Å²) in [5, 5.41) is 6.18. The molecular weight excluding hydrogens is 434 g/mol. The van der Waals surface area contributed by atoms with E-state index in [1.807, 2.05) is 6.07 Å². The summed E-state index contributed by atoms with van der Waals surface area (Å²) in [6.07, 6.45) is -2.11. The second kappa shape index (κ2) is 9.55. The van der Waals surface area contributed by atoms with Crippen LogP contribution >= 0.6 is 24.0 Å². The highest BCUT2D eigenvalue weighted by Crippen LogP contribution is 2.29. The summed E-state index contributed by atoms with van der Waals surface area (Å²) in [6.45, 7) is 1.07. The molecule has 2 aromatic rings. The van der Waals surface area contributed by atoms with Gasteiger partial charge in [-0.1, -0.05) is 12.1 Å². The smallest absolute Gasteiger partial charge is 0.416 e. The van der Waals surface area contributed by atoms with Gasteiger partial charge in [0.2, 0.25) is 0 Å². The van der Waals surface area contributed by atoms with Gasteiger partial charge in [0.1, 0.15) is 5.76 Å². The van der Waals surface area contributed by atoms with Crippen molar-refractivity contribution < 1.29 is 17.6 Å². The van der Waals surface area contributed by atoms with Gasteiger partial charge in [-0.2, -0.15) is 13.2 Å². The first kappa shape index (κ1) is 20.3. The van der Waals surface area contributed by atoms with Crippen LogP contribution in [-0.2, 0) is 19.1 Å². The Labute approximate surface area is 155 Å². The van der Waals surface area contributed by atoms with Crippen LogP contribution in [0.5, 0.6) is 0 Å². The lowest BCUT2D eigenvalue weighted by atomic mass is 10.1. The van der Waals surface area contributed by atoms with E-state index in [-0.39, 0.29) is 24.0 Å². The van der Waals surface area contributed by atoms with Gasteiger partial charge in [0, 0.05) is 13.6 Å². The molecule has 1 heterocycles. The summed E-state index contributed by atoms with van der Waals surface area (Å²) in [4.78, 5) is 4.07. The maximum atomic E-state index is 12.5. The third kappa shape index (κ3) is 6.42. The topological polar surface area (TPSA) is 49.6 Å². The van der Waals surface area contributed by atoms with Crippen molar-refractivity contribution >= 4 is 29.9 Å². The van der Waals surface area contributed by atoms with Crippen molar-refractivity contribution in [2.45, 2.75) is 19.1 Å². The zero-order valence-corrected chi connectivity index (χ0v) is 15.4. The third-order valence-corrected chi connectivity index (χ3v) is 3.22. The van der Waals surface area contributed by atoms with E-state index in [0.717, 1.165) is 23.5 Å². The standard InChI is InChI=1S/C16H18F3N3O.HI/c1-20-15(22-11-14-3-2-10-23-14)21-9-8-12-4-6-13(7-5-12)16(17,18)19;/h2-7,10H,8-9,11H2,1H3,(H2,20,21,22);1H. The lowest BCUT2D eigenvalue weighted by Gasteiger charge is -2.11. The lowest BCUT2D eigenvalue weighted by Crippen LogP contribution is -2.37. The number of benzene rings is 1. The molecule has 0 fully saturated rings. The Morgan fingerprint density at radius 2 is 1.83 bits per heavy atom. The zero-order valence-electron chi connectivity index (χ0n) is 13.1. The molecule has 24 heavy (non-hydrogen) atoms. The number of nitrogens with one attached hydrogen (secondary N) is 2. The molecule has 0 aliphatic carbocycles. The lowest BCUT2D eigenvalue weighted by molar-refractivity contribution is -0.137. The van der Waals surface area contributed by atoms with Gasteiger partial charge in [0.25, 0.3) is 0 Å². The van der Waals surface area contributed by atoms with Crippen molar-refractivity contribution in [2.24, 2.45) is 4.99 Å². The van der Waals surface area contributed by atoms with Crippen LogP contribution in [0.15, 0.2) is 52.1 Å². The fourth-order valence-corrected chi connectivity index (χ4v) is 1.99. The molecule has 1 aromatic carbocycles. The highest BCUT2D eigenvalue weighted by atomic mass is 127. The maximum Gasteiger partial charge on any atom is 0.416 e. The van der Waals surface area contributed by atoms with Gasteiger partial charge in [-0.05, 0) is 36.2 Å². The molecule has 0 bridgehead atoms. The van der Waals surface area contributed by atoms with E-state index in [4.69, 9.17) is 4.42 Å². The second-order valence-electron chi connectivity index (χ2n) is 4.88. The molecule has 1 aromatic heterocycles. The van der Waals surface area contributed by atoms with Crippen molar-refractivity contribution in [2.75, 3.05) is 13.6 Å². The minimum absolute atomic E-state index is 0. The Bertz CT molecular complexity index is 625. The van der Waals surface area contributed by atoms with Gasteiger partial charge >= 0.3 is 6.18 Å². The van der Waals surface area contributed by atoms with Crippen LogP contribution in [0.2, 0.25) is 0 Å². The van der Waals surface area contributed by atoms with Crippen molar-refractivity contribution in [1.82, 2.24) is 10.6 Å². The molecule has 4 nitrogen and oxygen atoms in total. The zero-order chi connectivity index (χ0) is 16.7. The first-order valence-electron chi connectivity index (χ1n) is 7.12. The molecular formula is C16H19F3IN3O. The van der Waals surface area contributed by atoms with Gasteiger partial charge in [0.05, 0.1) is 18.4 Å². The summed E-state index contributed by atoms with van der Waals surface area (Å²) in [5.41, 5.74) is 0.192. The average molecular weight is 453 g/mol. The fourth-order valence-electron chi connectivity index (χ4n) is 1.99. The fraction of sp³-hybridized carbons (Fsp3) is 0.312. The molecule has 0 amide bonds. The highest BCUT2D eigenvalue weighted by Gasteiger charge is 2.29. The van der Waals surface area contributed by atoms with Crippen LogP contribution in [0.25, 0.3) is 0 Å². The molecule has 8 heteroatoms. The molecule has 0 saturated heterocycles. The Morgan fingerprint density at radius 1 is 1.12 bits per heavy atom. The van der Waals surface area contributed by atoms with Crippen LogP contribution < -0.4 is 10.6 Å². The number of alkyl halides is 3. The predicted octanol–water partition coefficient (Wildman–Crippen LogP) is 3.82. The number of nitrogens with zero attached hydrogens (tertiary/aromatic N) is 1. The Kier molecular flexibility index (Phi) is 8.09. The Morgan fingerprint density at radius 3 is 2.38 bits per heavy atom. The van der Waals surface area contributed by atoms with E-state index in [2.05, 4.69) is 15.6 Å². The van der Waals surface area contributed by atoms with E-state index < -0.39 is 11.7 Å². The van der Waals surface area contributed by atoms with Gasteiger partial charge in [-0.3, -0.25) is 4.99 Å². The minimum atomic E-state index is -4.30. The van der Waals surface area contributed by atoms with Gasteiger partial charge < -0.3 is 15.1 Å². The molecule has 0 aliphatic heterocycles. The summed E-state index contributed by atoms with van der Waals surface area (Å²) >= 11 is 0. The summed E-state index contributed by atoms with van der Waals surface area (Å²) in [7, 11) is 1.65. The summed E-state index contributed by atoms with van der Waals surface area (Å²) < 4.78 is 42.6. The third-order valence-electron chi connectivity index (χ3n) is 3.22. The van der Waals surface area contributed by atoms with E-state index in [1.54, 1.807) is 19.4 Å². The first-order chi connectivity index (χ1) is 11.0. The Balaban J connectivity index is 0.00000288. The molecule has 0 aliphatic rings. The molecule has 0 radical (unpaired) electrons. The van der Waals surface area contributed by atoms with Crippen LogP contribution in [0.3, 0.4) is 0 Å². The van der Waals surface area contributed by atoms with Crippen LogP contribution in [-0.4, -0.2) is 19.6 Å². The van der Waals surface area contributed by atoms with E-state index in [9.17, 15) is 13.2 Å². The number of hydrogen-bond acceptors (Lipinski definition) is 2. The van der Waals surface area contributed by atoms with Crippen molar-refractivity contribution in [3.63, 3.8) is 0 Å². The molecule has 2 N–H and O–H groups in total. The predicted molar refractivity (Wildman–Crippen MR) is 97.5 cm³/mol. The molecule has 0 saturated carbocycles. The van der Waals surface area contributed by atoms with Gasteiger partial charge in [-0.15, -0.1) is 24.0 Å². The summed E-state index contributed by atoms with van der Waals surface area (Å²) in [5.74, 6) is 1.39. The minimum Gasteiger partial charge on any atom is -0.467 e. The largest absolute Gasteiger partial charge is 0.467 e. The molecule has 0 unspecified atom stereocenters. The van der Waals surface area contributed by atoms with Crippen LogP contribution in [0, 0.1) is 0 Å². The first-order valence-corrected chi connectivity index (χ1v) is 7.12. The quantitative estimate of drug-likeness (QED) is 0.411. The number of hydrogen-bond donors (Lipinski definition) is 2. The summed E-state index contributed by atoms with van der Waals surface area (Å²) in [6, 6.07) is 8.83. The van der Waals surface area contributed by atoms with E-state index in [1.165, 1.54) is 12.1 Å². The molecule has 132 valence electrons. The van der Waals surface area contributed by atoms with Gasteiger partial charge in [-0.25, -0.2) is 0 Å². The van der Waals surface area contributed by atoms with Crippen LogP contribution in [0.1, 0.15) is 16.9 Å². The normalized spacial score (nSPS) is 11.8.